The first-order valence-corrected chi connectivity index (χ1v) is 7.13. The van der Waals surface area contributed by atoms with Crippen molar-refractivity contribution in [1.82, 2.24) is 9.88 Å². The molecule has 3 unspecified atom stereocenters. The molecule has 0 fully saturated rings. The second kappa shape index (κ2) is 5.30. The maximum Gasteiger partial charge on any atom is 0.136 e. The third-order valence-corrected chi connectivity index (χ3v) is 4.27. The molecule has 3 atom stereocenters. The van der Waals surface area contributed by atoms with E-state index in [1.165, 1.54) is 5.56 Å². The minimum Gasteiger partial charge on any atom is -0.393 e. The van der Waals surface area contributed by atoms with Crippen LogP contribution in [0.3, 0.4) is 0 Å². The van der Waals surface area contributed by atoms with Crippen molar-refractivity contribution in [3.8, 4) is 0 Å². The van der Waals surface area contributed by atoms with Crippen molar-refractivity contribution in [1.29, 1.82) is 0 Å². The summed E-state index contributed by atoms with van der Waals surface area (Å²) >= 11 is 0. The SMILES string of the molecule is CC1Cc2c([nH]c3c2=CC(F)CC=3)CN1CC(F)CO. The Morgan fingerprint density at radius 3 is 3.10 bits per heavy atom. The molecule has 1 aromatic rings. The van der Waals surface area contributed by atoms with Crippen molar-refractivity contribution in [3.63, 3.8) is 0 Å². The Bertz CT molecular complexity index is 610. The number of nitrogens with zero attached hydrogens (tertiary/aromatic N) is 1. The van der Waals surface area contributed by atoms with Crippen LogP contribution in [-0.4, -0.2) is 46.5 Å². The molecular formula is C15H20F2N2O. The van der Waals surface area contributed by atoms with Crippen LogP contribution < -0.4 is 10.6 Å². The van der Waals surface area contributed by atoms with E-state index < -0.39 is 19.0 Å². The Hall–Kier alpha value is -1.20. The highest BCUT2D eigenvalue weighted by Gasteiger charge is 2.27. The van der Waals surface area contributed by atoms with E-state index in [1.807, 2.05) is 17.9 Å². The lowest BCUT2D eigenvalue weighted by Crippen LogP contribution is -2.43. The predicted octanol–water partition coefficient (Wildman–Crippen LogP) is 0.394. The Balaban J connectivity index is 1.92. The molecule has 2 heterocycles. The number of H-pyrrole nitrogens is 1. The molecule has 0 aromatic carbocycles. The number of fused-ring (bicyclic) bond motifs is 3. The van der Waals surface area contributed by atoms with Gasteiger partial charge in [-0.2, -0.15) is 0 Å². The molecule has 5 heteroatoms. The zero-order valence-electron chi connectivity index (χ0n) is 11.6. The van der Waals surface area contributed by atoms with Crippen LogP contribution in [0.1, 0.15) is 24.6 Å². The molecule has 0 radical (unpaired) electrons. The standard InChI is InChI=1S/C15H20F2N2O/c1-9-4-12-13-5-10(16)2-3-14(13)18-15(12)7-19(9)6-11(17)8-20/h3,5,9-11,18,20H,2,4,6-8H2,1H3. The summed E-state index contributed by atoms with van der Waals surface area (Å²) in [4.78, 5) is 5.36. The minimum absolute atomic E-state index is 0.195. The molecule has 20 heavy (non-hydrogen) atoms. The number of nitrogens with one attached hydrogen (secondary N) is 1. The lowest BCUT2D eigenvalue weighted by atomic mass is 9.97. The number of aromatic nitrogens is 1. The van der Waals surface area contributed by atoms with Crippen molar-refractivity contribution in [3.05, 3.63) is 21.8 Å². The van der Waals surface area contributed by atoms with Gasteiger partial charge in [0.15, 0.2) is 0 Å². The molecule has 0 saturated heterocycles. The lowest BCUT2D eigenvalue weighted by Gasteiger charge is -2.34. The van der Waals surface area contributed by atoms with Crippen LogP contribution in [0.5, 0.6) is 0 Å². The van der Waals surface area contributed by atoms with Gasteiger partial charge in [0.25, 0.3) is 0 Å². The van der Waals surface area contributed by atoms with Crippen LogP contribution in [0.4, 0.5) is 8.78 Å². The van der Waals surface area contributed by atoms with E-state index in [1.54, 1.807) is 6.08 Å². The summed E-state index contributed by atoms with van der Waals surface area (Å²) in [6, 6.07) is 0.195. The summed E-state index contributed by atoms with van der Waals surface area (Å²) in [6.45, 7) is 2.47. The van der Waals surface area contributed by atoms with Gasteiger partial charge in [0, 0.05) is 41.8 Å². The fraction of sp³-hybridized carbons (Fsp3) is 0.600. The Morgan fingerprint density at radius 1 is 1.55 bits per heavy atom. The smallest absolute Gasteiger partial charge is 0.136 e. The largest absolute Gasteiger partial charge is 0.393 e. The average molecular weight is 282 g/mol. The molecule has 1 aliphatic carbocycles. The number of alkyl halides is 2. The van der Waals surface area contributed by atoms with Gasteiger partial charge in [-0.15, -0.1) is 0 Å². The van der Waals surface area contributed by atoms with Gasteiger partial charge in [-0.05, 0) is 25.0 Å². The molecule has 2 N–H and O–H groups in total. The zero-order valence-corrected chi connectivity index (χ0v) is 11.6. The molecule has 0 spiro atoms. The van der Waals surface area contributed by atoms with E-state index in [0.29, 0.717) is 13.0 Å². The first-order chi connectivity index (χ1) is 9.58. The first-order valence-electron chi connectivity index (χ1n) is 7.13. The van der Waals surface area contributed by atoms with Gasteiger partial charge in [0.05, 0.1) is 6.61 Å². The van der Waals surface area contributed by atoms with Gasteiger partial charge in [-0.1, -0.05) is 6.08 Å². The van der Waals surface area contributed by atoms with Crippen molar-refractivity contribution in [2.75, 3.05) is 13.2 Å². The van der Waals surface area contributed by atoms with Gasteiger partial charge >= 0.3 is 0 Å². The molecule has 1 aliphatic heterocycles. The summed E-state index contributed by atoms with van der Waals surface area (Å²) in [5.41, 5.74) is 2.22. The van der Waals surface area contributed by atoms with Crippen LogP contribution in [0.2, 0.25) is 0 Å². The number of aliphatic hydroxyl groups excluding tert-OH is 1. The van der Waals surface area contributed by atoms with E-state index in [0.717, 1.165) is 22.7 Å². The van der Waals surface area contributed by atoms with Gasteiger partial charge in [-0.25, -0.2) is 8.78 Å². The van der Waals surface area contributed by atoms with Crippen LogP contribution in [0, 0.1) is 0 Å². The molecule has 3 nitrogen and oxygen atoms in total. The minimum atomic E-state index is -1.21. The number of hydrogen-bond acceptors (Lipinski definition) is 2. The first kappa shape index (κ1) is 13.8. The highest BCUT2D eigenvalue weighted by atomic mass is 19.1. The van der Waals surface area contributed by atoms with E-state index in [4.69, 9.17) is 5.11 Å². The normalized spacial score (nSPS) is 27.2. The second-order valence-corrected chi connectivity index (χ2v) is 5.79. The molecule has 1 aromatic heterocycles. The molecule has 3 rings (SSSR count). The number of hydrogen-bond donors (Lipinski definition) is 2. The fourth-order valence-electron chi connectivity index (χ4n) is 3.17. The van der Waals surface area contributed by atoms with Crippen LogP contribution in [0.15, 0.2) is 0 Å². The lowest BCUT2D eigenvalue weighted by molar-refractivity contribution is 0.0937. The van der Waals surface area contributed by atoms with E-state index in [9.17, 15) is 8.78 Å². The number of rotatable bonds is 3. The number of aromatic amines is 1. The topological polar surface area (TPSA) is 39.3 Å². The van der Waals surface area contributed by atoms with Crippen LogP contribution in [-0.2, 0) is 13.0 Å². The van der Waals surface area contributed by atoms with Crippen LogP contribution >= 0.6 is 0 Å². The van der Waals surface area contributed by atoms with Crippen molar-refractivity contribution in [2.24, 2.45) is 0 Å². The third kappa shape index (κ3) is 2.40. The monoisotopic (exact) mass is 282 g/mol. The van der Waals surface area contributed by atoms with Gasteiger partial charge in [0.2, 0.25) is 0 Å². The highest BCUT2D eigenvalue weighted by Crippen LogP contribution is 2.20. The second-order valence-electron chi connectivity index (χ2n) is 5.79. The summed E-state index contributed by atoms with van der Waals surface area (Å²) in [7, 11) is 0. The Labute approximate surface area is 116 Å². The summed E-state index contributed by atoms with van der Waals surface area (Å²) < 4.78 is 26.9. The molecule has 0 bridgehead atoms. The Morgan fingerprint density at radius 2 is 2.35 bits per heavy atom. The highest BCUT2D eigenvalue weighted by molar-refractivity contribution is 5.45. The van der Waals surface area contributed by atoms with Crippen molar-refractivity contribution in [2.45, 2.75) is 44.7 Å². The fourth-order valence-corrected chi connectivity index (χ4v) is 3.17. The summed E-state index contributed by atoms with van der Waals surface area (Å²) in [6.07, 6.45) is 2.69. The summed E-state index contributed by atoms with van der Waals surface area (Å²) in [5.74, 6) is 0. The number of halogens is 2. The van der Waals surface area contributed by atoms with Crippen molar-refractivity contribution < 1.29 is 13.9 Å². The van der Waals surface area contributed by atoms with Gasteiger partial charge in [-0.3, -0.25) is 4.90 Å². The number of aliphatic hydroxyl groups is 1. The molecule has 2 aliphatic rings. The van der Waals surface area contributed by atoms with Crippen molar-refractivity contribution >= 4 is 12.2 Å². The molecular weight excluding hydrogens is 262 g/mol. The predicted molar refractivity (Wildman–Crippen MR) is 74.0 cm³/mol. The van der Waals surface area contributed by atoms with Gasteiger partial charge < -0.3 is 10.1 Å². The van der Waals surface area contributed by atoms with Gasteiger partial charge in [0.1, 0.15) is 12.3 Å². The quantitative estimate of drug-likeness (QED) is 0.842. The molecule has 0 saturated carbocycles. The van der Waals surface area contributed by atoms with E-state index >= 15 is 0 Å². The van der Waals surface area contributed by atoms with Crippen LogP contribution in [0.25, 0.3) is 12.2 Å². The van der Waals surface area contributed by atoms with E-state index in [-0.39, 0.29) is 12.6 Å². The Kier molecular flexibility index (Phi) is 3.65. The maximum absolute atomic E-state index is 13.5. The molecule has 0 amide bonds. The molecule has 110 valence electrons. The summed E-state index contributed by atoms with van der Waals surface area (Å²) in [5, 5.41) is 10.8. The third-order valence-electron chi connectivity index (χ3n) is 4.27. The zero-order chi connectivity index (χ0) is 14.3. The van der Waals surface area contributed by atoms with E-state index in [2.05, 4.69) is 4.98 Å². The maximum atomic E-state index is 13.5. The average Bonchev–Trinajstić information content (AvgIpc) is 2.76.